The average molecular weight is 287 g/mol. The lowest BCUT2D eigenvalue weighted by Crippen LogP contribution is -2.44. The third-order valence-corrected chi connectivity index (χ3v) is 4.92. The number of rotatable bonds is 3. The molecule has 2 atom stereocenters. The smallest absolute Gasteiger partial charge is 0.248 e. The third-order valence-electron chi connectivity index (χ3n) is 4.92. The minimum atomic E-state index is -0.459. The molecule has 2 fully saturated rings. The fourth-order valence-electron chi connectivity index (χ4n) is 3.66. The summed E-state index contributed by atoms with van der Waals surface area (Å²) in [7, 11) is 0. The fraction of sp³-hybridized carbons (Fsp3) is 0.500. The second-order valence-corrected chi connectivity index (χ2v) is 6.13. The molecule has 1 aliphatic heterocycles. The summed E-state index contributed by atoms with van der Waals surface area (Å²) in [6, 6.07) is 6.74. The van der Waals surface area contributed by atoms with Gasteiger partial charge in [0, 0.05) is 17.8 Å². The predicted octanol–water partition coefficient (Wildman–Crippen LogP) is 1.50. The summed E-state index contributed by atoms with van der Waals surface area (Å²) in [6.07, 6.45) is 4.41. The van der Waals surface area contributed by atoms with Crippen LogP contribution in [0.3, 0.4) is 0 Å². The second kappa shape index (κ2) is 5.48. The van der Waals surface area contributed by atoms with E-state index in [2.05, 4.69) is 10.6 Å². The van der Waals surface area contributed by atoms with Gasteiger partial charge in [-0.05, 0) is 49.6 Å². The fourth-order valence-corrected chi connectivity index (χ4v) is 3.66. The normalized spacial score (nSPS) is 27.9. The first-order chi connectivity index (χ1) is 10.1. The van der Waals surface area contributed by atoms with Gasteiger partial charge in [-0.25, -0.2) is 0 Å². The lowest BCUT2D eigenvalue weighted by Gasteiger charge is -2.37. The molecule has 21 heavy (non-hydrogen) atoms. The molecular formula is C16H21N3O2. The average Bonchev–Trinajstić information content (AvgIpc) is 2.93. The lowest BCUT2D eigenvalue weighted by molar-refractivity contribution is -0.128. The van der Waals surface area contributed by atoms with Crippen molar-refractivity contribution in [1.82, 2.24) is 5.32 Å². The maximum absolute atomic E-state index is 12.7. The van der Waals surface area contributed by atoms with Gasteiger partial charge in [-0.1, -0.05) is 12.8 Å². The Labute approximate surface area is 124 Å². The number of anilines is 1. The molecule has 1 aliphatic carbocycles. The Morgan fingerprint density at radius 3 is 2.71 bits per heavy atom. The topological polar surface area (TPSA) is 84.2 Å². The molecule has 0 bridgehead atoms. The molecule has 2 aliphatic rings. The summed E-state index contributed by atoms with van der Waals surface area (Å²) in [6.45, 7) is 1.71. The molecule has 1 aromatic rings. The summed E-state index contributed by atoms with van der Waals surface area (Å²) >= 11 is 0. The molecule has 1 saturated carbocycles. The summed E-state index contributed by atoms with van der Waals surface area (Å²) in [4.78, 5) is 23.8. The van der Waals surface area contributed by atoms with Crippen molar-refractivity contribution in [1.29, 1.82) is 0 Å². The van der Waals surface area contributed by atoms with Gasteiger partial charge < -0.3 is 16.4 Å². The van der Waals surface area contributed by atoms with E-state index in [1.54, 1.807) is 24.3 Å². The van der Waals surface area contributed by atoms with Gasteiger partial charge in [-0.15, -0.1) is 0 Å². The van der Waals surface area contributed by atoms with E-state index < -0.39 is 5.91 Å². The van der Waals surface area contributed by atoms with Crippen molar-refractivity contribution < 1.29 is 9.59 Å². The highest BCUT2D eigenvalue weighted by Crippen LogP contribution is 2.44. The molecule has 1 saturated heterocycles. The number of hydrogen-bond acceptors (Lipinski definition) is 3. The zero-order valence-electron chi connectivity index (χ0n) is 12.0. The van der Waals surface area contributed by atoms with Gasteiger partial charge in [-0.3, -0.25) is 9.59 Å². The number of carbonyl (C=O) groups is 2. The van der Waals surface area contributed by atoms with Gasteiger partial charge in [0.2, 0.25) is 11.8 Å². The summed E-state index contributed by atoms with van der Waals surface area (Å²) in [5.74, 6) is 0.0824. The molecule has 4 N–H and O–H groups in total. The number of fused-ring (bicyclic) bond motifs is 1. The van der Waals surface area contributed by atoms with Crippen molar-refractivity contribution in [2.75, 3.05) is 18.4 Å². The maximum Gasteiger partial charge on any atom is 0.248 e. The van der Waals surface area contributed by atoms with Gasteiger partial charge in [-0.2, -0.15) is 0 Å². The number of nitrogens with two attached hydrogens (primary N) is 1. The van der Waals surface area contributed by atoms with E-state index in [-0.39, 0.29) is 11.3 Å². The van der Waals surface area contributed by atoms with E-state index in [0.29, 0.717) is 11.5 Å². The molecule has 1 aromatic carbocycles. The number of primary amides is 1. The maximum atomic E-state index is 12.7. The first-order valence-corrected chi connectivity index (χ1v) is 7.54. The Bertz CT molecular complexity index is 555. The zero-order valence-corrected chi connectivity index (χ0v) is 12.0. The number of hydrogen-bond donors (Lipinski definition) is 3. The van der Waals surface area contributed by atoms with Gasteiger partial charge in [0.15, 0.2) is 0 Å². The molecule has 2 amide bonds. The molecular weight excluding hydrogens is 266 g/mol. The van der Waals surface area contributed by atoms with E-state index in [9.17, 15) is 9.59 Å². The van der Waals surface area contributed by atoms with Crippen LogP contribution in [0.4, 0.5) is 5.69 Å². The van der Waals surface area contributed by atoms with E-state index in [1.165, 1.54) is 6.42 Å². The van der Waals surface area contributed by atoms with Crippen LogP contribution in [0.1, 0.15) is 36.0 Å². The van der Waals surface area contributed by atoms with Gasteiger partial charge in [0.05, 0.1) is 5.41 Å². The minimum Gasteiger partial charge on any atom is -0.366 e. The van der Waals surface area contributed by atoms with Gasteiger partial charge in [0.1, 0.15) is 0 Å². The Balaban J connectivity index is 1.74. The Morgan fingerprint density at radius 1 is 1.24 bits per heavy atom. The highest BCUT2D eigenvalue weighted by Gasteiger charge is 2.49. The van der Waals surface area contributed by atoms with Crippen molar-refractivity contribution in [3.05, 3.63) is 29.8 Å². The van der Waals surface area contributed by atoms with Crippen LogP contribution < -0.4 is 16.4 Å². The number of amides is 2. The first kappa shape index (κ1) is 14.1. The number of benzene rings is 1. The van der Waals surface area contributed by atoms with Gasteiger partial charge >= 0.3 is 0 Å². The van der Waals surface area contributed by atoms with Crippen molar-refractivity contribution >= 4 is 17.5 Å². The van der Waals surface area contributed by atoms with Crippen molar-refractivity contribution in [2.24, 2.45) is 17.1 Å². The largest absolute Gasteiger partial charge is 0.366 e. The summed E-state index contributed by atoms with van der Waals surface area (Å²) in [5.41, 5.74) is 6.12. The van der Waals surface area contributed by atoms with E-state index in [0.717, 1.165) is 38.0 Å². The minimum absolute atomic E-state index is 0.101. The standard InChI is InChI=1S/C16H21N3O2/c17-14(20)11-4-6-13(7-5-11)19-15(21)16-8-2-1-3-12(16)9-18-10-16/h4-7,12,18H,1-3,8-10H2,(H2,17,20)(H,19,21)/t12-,16+/m0/s1. The van der Waals surface area contributed by atoms with E-state index in [1.807, 2.05) is 0 Å². The van der Waals surface area contributed by atoms with Crippen LogP contribution in [0.2, 0.25) is 0 Å². The van der Waals surface area contributed by atoms with Crippen LogP contribution in [-0.2, 0) is 4.79 Å². The monoisotopic (exact) mass is 287 g/mol. The molecule has 5 nitrogen and oxygen atoms in total. The molecule has 112 valence electrons. The molecule has 5 heteroatoms. The molecule has 0 spiro atoms. The number of nitrogens with one attached hydrogen (secondary N) is 2. The molecule has 0 unspecified atom stereocenters. The van der Waals surface area contributed by atoms with Crippen LogP contribution >= 0.6 is 0 Å². The van der Waals surface area contributed by atoms with E-state index >= 15 is 0 Å². The molecule has 1 heterocycles. The zero-order chi connectivity index (χ0) is 14.9. The number of carbonyl (C=O) groups excluding carboxylic acids is 2. The van der Waals surface area contributed by atoms with Crippen LogP contribution in [-0.4, -0.2) is 24.9 Å². The van der Waals surface area contributed by atoms with Crippen molar-refractivity contribution in [2.45, 2.75) is 25.7 Å². The highest BCUT2D eigenvalue weighted by molar-refractivity contribution is 5.97. The van der Waals surface area contributed by atoms with Crippen molar-refractivity contribution in [3.8, 4) is 0 Å². The van der Waals surface area contributed by atoms with Crippen LogP contribution in [0, 0.1) is 11.3 Å². The van der Waals surface area contributed by atoms with Gasteiger partial charge in [0.25, 0.3) is 0 Å². The summed E-state index contributed by atoms with van der Waals surface area (Å²) in [5, 5.41) is 6.38. The molecule has 0 aromatic heterocycles. The summed E-state index contributed by atoms with van der Waals surface area (Å²) < 4.78 is 0. The van der Waals surface area contributed by atoms with Crippen molar-refractivity contribution in [3.63, 3.8) is 0 Å². The SMILES string of the molecule is NC(=O)c1ccc(NC(=O)[C@@]23CCCC[C@H]2CNC3)cc1. The van der Waals surface area contributed by atoms with Crippen LogP contribution in [0.25, 0.3) is 0 Å². The van der Waals surface area contributed by atoms with Crippen LogP contribution in [0.5, 0.6) is 0 Å². The van der Waals surface area contributed by atoms with Crippen LogP contribution in [0.15, 0.2) is 24.3 Å². The highest BCUT2D eigenvalue weighted by atomic mass is 16.2. The predicted molar refractivity (Wildman–Crippen MR) is 80.9 cm³/mol. The Hall–Kier alpha value is -1.88. The lowest BCUT2D eigenvalue weighted by atomic mass is 9.67. The third kappa shape index (κ3) is 2.53. The molecule has 0 radical (unpaired) electrons. The molecule has 3 rings (SSSR count). The quantitative estimate of drug-likeness (QED) is 0.787. The second-order valence-electron chi connectivity index (χ2n) is 6.13. The Kier molecular flexibility index (Phi) is 3.68. The van der Waals surface area contributed by atoms with E-state index in [4.69, 9.17) is 5.73 Å². The first-order valence-electron chi connectivity index (χ1n) is 7.54. The Morgan fingerprint density at radius 2 is 2.00 bits per heavy atom.